The highest BCUT2D eigenvalue weighted by atomic mass is 19.3. The molecule has 2 rings (SSSR count). The van der Waals surface area contributed by atoms with Crippen LogP contribution in [0.2, 0.25) is 0 Å². The van der Waals surface area contributed by atoms with E-state index in [1.54, 1.807) is 0 Å². The summed E-state index contributed by atoms with van der Waals surface area (Å²) in [5.41, 5.74) is 0.530. The monoisotopic (exact) mass is 297 g/mol. The maximum absolute atomic E-state index is 12.2. The third-order valence-electron chi connectivity index (χ3n) is 3.71. The first-order valence-electron chi connectivity index (χ1n) is 7.24. The van der Waals surface area contributed by atoms with E-state index in [0.717, 1.165) is 13.1 Å². The van der Waals surface area contributed by atoms with E-state index in [1.165, 1.54) is 30.7 Å². The Morgan fingerprint density at radius 2 is 1.81 bits per heavy atom. The Labute approximate surface area is 123 Å². The zero-order chi connectivity index (χ0) is 15.4. The van der Waals surface area contributed by atoms with Gasteiger partial charge >= 0.3 is 6.61 Å². The molecule has 0 spiro atoms. The number of hydrogen-bond acceptors (Lipinski definition) is 3. The summed E-state index contributed by atoms with van der Waals surface area (Å²) in [5, 5.41) is 0. The number of halogens is 2. The Hall–Kier alpha value is -1.49. The van der Waals surface area contributed by atoms with Crippen LogP contribution < -0.4 is 4.74 Å². The average molecular weight is 297 g/mol. The number of benzene rings is 1. The van der Waals surface area contributed by atoms with Crippen LogP contribution in [0.15, 0.2) is 24.3 Å². The van der Waals surface area contributed by atoms with E-state index in [1.807, 2.05) is 0 Å². The maximum Gasteiger partial charge on any atom is 0.387 e. The first-order chi connectivity index (χ1) is 9.94. The number of nitrogens with zero attached hydrogens (tertiary/aromatic N) is 1. The number of rotatable bonds is 5. The molecule has 1 heterocycles. The molecule has 0 N–H and O–H groups in total. The molecule has 0 radical (unpaired) electrons. The number of hydrogen-bond donors (Lipinski definition) is 0. The molecule has 0 aromatic heterocycles. The summed E-state index contributed by atoms with van der Waals surface area (Å²) in [6.45, 7) is 3.80. The standard InChI is InChI=1S/C16H21F2NO2/c1-11-7-12(2)9-19(8-11)10-15(20)13-3-5-14(6-4-13)21-16(17)18/h3-6,11-12,16H,7-10H2,1-2H3/t11-,12-/m1/s1. The van der Waals surface area contributed by atoms with Crippen molar-refractivity contribution in [3.05, 3.63) is 29.8 Å². The highest BCUT2D eigenvalue weighted by Gasteiger charge is 2.23. The number of alkyl halides is 2. The molecule has 1 saturated heterocycles. The maximum atomic E-state index is 12.2. The minimum absolute atomic E-state index is 0.0138. The summed E-state index contributed by atoms with van der Waals surface area (Å²) in [7, 11) is 0. The second-order valence-electron chi connectivity index (χ2n) is 5.97. The normalized spacial score (nSPS) is 23.3. The van der Waals surface area contributed by atoms with Crippen molar-refractivity contribution in [2.45, 2.75) is 26.9 Å². The highest BCUT2D eigenvalue weighted by Crippen LogP contribution is 2.21. The lowest BCUT2D eigenvalue weighted by Gasteiger charge is -2.34. The van der Waals surface area contributed by atoms with Crippen LogP contribution in [0.25, 0.3) is 0 Å². The first-order valence-corrected chi connectivity index (χ1v) is 7.24. The molecule has 2 atom stereocenters. The largest absolute Gasteiger partial charge is 0.435 e. The van der Waals surface area contributed by atoms with Crippen LogP contribution in [-0.2, 0) is 0 Å². The van der Waals surface area contributed by atoms with Crippen molar-refractivity contribution in [2.75, 3.05) is 19.6 Å². The van der Waals surface area contributed by atoms with Crippen LogP contribution in [0.4, 0.5) is 8.78 Å². The van der Waals surface area contributed by atoms with Crippen LogP contribution >= 0.6 is 0 Å². The Morgan fingerprint density at radius 1 is 1.24 bits per heavy atom. The molecular formula is C16H21F2NO2. The van der Waals surface area contributed by atoms with E-state index < -0.39 is 6.61 Å². The summed E-state index contributed by atoms with van der Waals surface area (Å²) in [6, 6.07) is 5.88. The number of carbonyl (C=O) groups is 1. The fourth-order valence-corrected chi connectivity index (χ4v) is 3.04. The van der Waals surface area contributed by atoms with Crippen LogP contribution in [0.5, 0.6) is 5.75 Å². The zero-order valence-electron chi connectivity index (χ0n) is 12.4. The fraction of sp³-hybridized carbons (Fsp3) is 0.562. The first kappa shape index (κ1) is 15.9. The second kappa shape index (κ2) is 6.98. The topological polar surface area (TPSA) is 29.5 Å². The van der Waals surface area contributed by atoms with Crippen molar-refractivity contribution in [3.63, 3.8) is 0 Å². The van der Waals surface area contributed by atoms with Crippen LogP contribution in [0, 0.1) is 11.8 Å². The molecular weight excluding hydrogens is 276 g/mol. The number of carbonyl (C=O) groups excluding carboxylic acids is 1. The van der Waals surface area contributed by atoms with Gasteiger partial charge in [-0.05, 0) is 42.5 Å². The van der Waals surface area contributed by atoms with Crippen molar-refractivity contribution in [1.29, 1.82) is 0 Å². The van der Waals surface area contributed by atoms with Crippen molar-refractivity contribution in [3.8, 4) is 5.75 Å². The van der Waals surface area contributed by atoms with Gasteiger partial charge < -0.3 is 4.74 Å². The van der Waals surface area contributed by atoms with Crippen molar-refractivity contribution < 1.29 is 18.3 Å². The summed E-state index contributed by atoms with van der Waals surface area (Å²) in [4.78, 5) is 14.4. The van der Waals surface area contributed by atoms with E-state index in [2.05, 4.69) is 23.5 Å². The number of piperidine rings is 1. The summed E-state index contributed by atoms with van der Waals surface area (Å²) in [6.07, 6.45) is 1.20. The molecule has 116 valence electrons. The van der Waals surface area contributed by atoms with Gasteiger partial charge in [0.15, 0.2) is 5.78 Å². The molecule has 0 aliphatic carbocycles. The van der Waals surface area contributed by atoms with Crippen LogP contribution in [0.3, 0.4) is 0 Å². The lowest BCUT2D eigenvalue weighted by atomic mass is 9.91. The Kier molecular flexibility index (Phi) is 5.28. The van der Waals surface area contributed by atoms with Gasteiger partial charge in [-0.2, -0.15) is 8.78 Å². The molecule has 21 heavy (non-hydrogen) atoms. The molecule has 0 saturated carbocycles. The predicted octanol–water partition coefficient (Wildman–Crippen LogP) is 3.45. The minimum Gasteiger partial charge on any atom is -0.435 e. The fourth-order valence-electron chi connectivity index (χ4n) is 3.04. The Balaban J connectivity index is 1.93. The van der Waals surface area contributed by atoms with Crippen molar-refractivity contribution in [2.24, 2.45) is 11.8 Å². The van der Waals surface area contributed by atoms with E-state index in [9.17, 15) is 13.6 Å². The third-order valence-corrected chi connectivity index (χ3v) is 3.71. The van der Waals surface area contributed by atoms with Gasteiger partial charge in [0.05, 0.1) is 6.54 Å². The molecule has 0 unspecified atom stereocenters. The van der Waals surface area contributed by atoms with Gasteiger partial charge in [0, 0.05) is 18.7 Å². The molecule has 1 aliphatic rings. The lowest BCUT2D eigenvalue weighted by Crippen LogP contribution is -2.41. The SMILES string of the molecule is C[C@@H]1C[C@@H](C)CN(CC(=O)c2ccc(OC(F)F)cc2)C1. The van der Waals surface area contributed by atoms with E-state index >= 15 is 0 Å². The van der Waals surface area contributed by atoms with Gasteiger partial charge in [0.2, 0.25) is 0 Å². The minimum atomic E-state index is -2.84. The Bertz CT molecular complexity index is 466. The predicted molar refractivity (Wildman–Crippen MR) is 76.8 cm³/mol. The molecule has 0 bridgehead atoms. The van der Waals surface area contributed by atoms with Gasteiger partial charge in [-0.15, -0.1) is 0 Å². The summed E-state index contributed by atoms with van der Waals surface area (Å²) < 4.78 is 28.4. The quantitative estimate of drug-likeness (QED) is 0.780. The zero-order valence-corrected chi connectivity index (χ0v) is 12.4. The second-order valence-corrected chi connectivity index (χ2v) is 5.97. The van der Waals surface area contributed by atoms with E-state index in [4.69, 9.17) is 0 Å². The highest BCUT2D eigenvalue weighted by molar-refractivity contribution is 5.97. The lowest BCUT2D eigenvalue weighted by molar-refractivity contribution is -0.0498. The average Bonchev–Trinajstić information content (AvgIpc) is 2.37. The van der Waals surface area contributed by atoms with Crippen molar-refractivity contribution >= 4 is 5.78 Å². The van der Waals surface area contributed by atoms with Gasteiger partial charge in [-0.25, -0.2) is 0 Å². The third kappa shape index (κ3) is 4.77. The number of likely N-dealkylation sites (tertiary alicyclic amines) is 1. The summed E-state index contributed by atoms with van der Waals surface area (Å²) >= 11 is 0. The van der Waals surface area contributed by atoms with Crippen molar-refractivity contribution in [1.82, 2.24) is 4.90 Å². The Morgan fingerprint density at radius 3 is 2.33 bits per heavy atom. The van der Waals surface area contributed by atoms with Gasteiger partial charge in [0.25, 0.3) is 0 Å². The number of Topliss-reactive ketones (excluding diaryl/α,β-unsaturated/α-hetero) is 1. The van der Waals surface area contributed by atoms with E-state index in [-0.39, 0.29) is 11.5 Å². The van der Waals surface area contributed by atoms with Gasteiger partial charge in [-0.1, -0.05) is 13.8 Å². The van der Waals surface area contributed by atoms with Crippen LogP contribution in [0.1, 0.15) is 30.6 Å². The number of ether oxygens (including phenoxy) is 1. The van der Waals surface area contributed by atoms with Gasteiger partial charge in [-0.3, -0.25) is 9.69 Å². The molecule has 0 amide bonds. The molecule has 5 heteroatoms. The van der Waals surface area contributed by atoms with E-state index in [0.29, 0.717) is 23.9 Å². The summed E-state index contributed by atoms with van der Waals surface area (Å²) in [5.74, 6) is 1.29. The smallest absolute Gasteiger partial charge is 0.387 e. The van der Waals surface area contributed by atoms with Crippen LogP contribution in [-0.4, -0.2) is 36.9 Å². The molecule has 1 aromatic rings. The molecule has 3 nitrogen and oxygen atoms in total. The molecule has 1 fully saturated rings. The number of ketones is 1. The molecule has 1 aliphatic heterocycles. The van der Waals surface area contributed by atoms with Gasteiger partial charge in [0.1, 0.15) is 5.75 Å². The molecule has 1 aromatic carbocycles.